The van der Waals surface area contributed by atoms with Crippen molar-refractivity contribution in [2.75, 3.05) is 13.2 Å². The largest absolute Gasteiger partial charge is 0.396 e. The maximum Gasteiger partial charge on any atom is 0.163 e. The zero-order valence-corrected chi connectivity index (χ0v) is 15.7. The van der Waals surface area contributed by atoms with Gasteiger partial charge in [-0.1, -0.05) is 48.6 Å². The van der Waals surface area contributed by atoms with Crippen molar-refractivity contribution >= 4 is 16.9 Å². The third kappa shape index (κ3) is 3.24. The molecule has 4 heteroatoms. The van der Waals surface area contributed by atoms with Crippen molar-refractivity contribution in [3.05, 3.63) is 82.4 Å². The van der Waals surface area contributed by atoms with Crippen LogP contribution in [0.2, 0.25) is 0 Å². The molecule has 0 saturated carbocycles. The summed E-state index contributed by atoms with van der Waals surface area (Å²) in [5, 5.41) is 28.9. The van der Waals surface area contributed by atoms with Gasteiger partial charge >= 0.3 is 0 Å². The standard InChI is InChI=1S/C24H24O4/c25-13-20-3-1-2-4-21(20)18-7-5-16(9-18)17-6-8-19-11-24(14-26,15-27)12-23(28)22(19)10-17/h1-4,6-10,25-27H,5,11-15H2. The first kappa shape index (κ1) is 18.8. The molecule has 2 aromatic carbocycles. The van der Waals surface area contributed by atoms with E-state index in [0.29, 0.717) is 12.0 Å². The molecule has 2 aliphatic rings. The molecule has 0 amide bonds. The first-order valence-electron chi connectivity index (χ1n) is 9.57. The number of rotatable bonds is 5. The fourth-order valence-corrected chi connectivity index (χ4v) is 4.22. The predicted octanol–water partition coefficient (Wildman–Crippen LogP) is 3.15. The molecule has 4 nitrogen and oxygen atoms in total. The van der Waals surface area contributed by atoms with Gasteiger partial charge in [-0.05, 0) is 52.3 Å². The van der Waals surface area contributed by atoms with E-state index in [1.54, 1.807) is 0 Å². The molecular formula is C24H24O4. The second-order valence-corrected chi connectivity index (χ2v) is 7.81. The summed E-state index contributed by atoms with van der Waals surface area (Å²) in [5.74, 6) is -0.0244. The molecule has 0 fully saturated rings. The van der Waals surface area contributed by atoms with E-state index in [4.69, 9.17) is 0 Å². The van der Waals surface area contributed by atoms with E-state index in [1.165, 1.54) is 0 Å². The van der Waals surface area contributed by atoms with Crippen molar-refractivity contribution in [3.8, 4) is 0 Å². The smallest absolute Gasteiger partial charge is 0.163 e. The average molecular weight is 376 g/mol. The summed E-state index contributed by atoms with van der Waals surface area (Å²) in [6.07, 6.45) is 5.72. The highest BCUT2D eigenvalue weighted by molar-refractivity contribution is 6.00. The van der Waals surface area contributed by atoms with Crippen molar-refractivity contribution in [1.82, 2.24) is 0 Å². The van der Waals surface area contributed by atoms with Crippen molar-refractivity contribution in [2.45, 2.75) is 25.9 Å². The van der Waals surface area contributed by atoms with Crippen LogP contribution in [0, 0.1) is 5.41 Å². The summed E-state index contributed by atoms with van der Waals surface area (Å²) in [6, 6.07) is 13.7. The summed E-state index contributed by atoms with van der Waals surface area (Å²) in [4.78, 5) is 12.7. The maximum absolute atomic E-state index is 12.7. The highest BCUT2D eigenvalue weighted by atomic mass is 16.3. The third-order valence-corrected chi connectivity index (χ3v) is 5.92. The van der Waals surface area contributed by atoms with Crippen molar-refractivity contribution in [2.24, 2.45) is 5.41 Å². The molecule has 0 bridgehead atoms. The van der Waals surface area contributed by atoms with Gasteiger partial charge in [0.25, 0.3) is 0 Å². The highest BCUT2D eigenvalue weighted by Crippen LogP contribution is 2.38. The third-order valence-electron chi connectivity index (χ3n) is 5.92. The van der Waals surface area contributed by atoms with E-state index in [2.05, 4.69) is 12.2 Å². The molecule has 0 spiro atoms. The lowest BCUT2D eigenvalue weighted by Crippen LogP contribution is -2.38. The van der Waals surface area contributed by atoms with Gasteiger partial charge in [0.05, 0.1) is 19.8 Å². The van der Waals surface area contributed by atoms with Gasteiger partial charge in [0.2, 0.25) is 0 Å². The Labute approximate surface area is 164 Å². The molecule has 28 heavy (non-hydrogen) atoms. The first-order valence-corrected chi connectivity index (χ1v) is 9.57. The monoisotopic (exact) mass is 376 g/mol. The summed E-state index contributed by atoms with van der Waals surface area (Å²) in [6.45, 7) is -0.389. The van der Waals surface area contributed by atoms with Gasteiger partial charge < -0.3 is 15.3 Å². The first-order chi connectivity index (χ1) is 13.6. The molecule has 2 aromatic rings. The van der Waals surface area contributed by atoms with Crippen LogP contribution in [0.15, 0.2) is 54.6 Å². The van der Waals surface area contributed by atoms with Crippen molar-refractivity contribution < 1.29 is 20.1 Å². The molecule has 2 aliphatic carbocycles. The van der Waals surface area contributed by atoms with E-state index in [1.807, 2.05) is 42.5 Å². The number of Topliss-reactive ketones (excluding diaryl/α,β-unsaturated/α-hetero) is 1. The molecule has 0 unspecified atom stereocenters. The molecule has 144 valence electrons. The number of carbonyl (C=O) groups excluding carboxylic acids is 1. The van der Waals surface area contributed by atoms with Gasteiger partial charge in [0.1, 0.15) is 0 Å². The Kier molecular flexibility index (Phi) is 5.02. The highest BCUT2D eigenvalue weighted by Gasteiger charge is 2.37. The van der Waals surface area contributed by atoms with E-state index in [9.17, 15) is 20.1 Å². The minimum atomic E-state index is -0.749. The van der Waals surface area contributed by atoms with Gasteiger partial charge in [-0.25, -0.2) is 0 Å². The van der Waals surface area contributed by atoms with Crippen LogP contribution in [-0.2, 0) is 13.0 Å². The molecule has 0 saturated heterocycles. The van der Waals surface area contributed by atoms with Gasteiger partial charge in [0.15, 0.2) is 5.78 Å². The molecule has 4 rings (SSSR count). The lowest BCUT2D eigenvalue weighted by Gasteiger charge is -2.34. The number of hydrogen-bond donors (Lipinski definition) is 3. The number of aliphatic hydroxyl groups excluding tert-OH is 3. The van der Waals surface area contributed by atoms with E-state index in [0.717, 1.165) is 39.8 Å². The lowest BCUT2D eigenvalue weighted by molar-refractivity contribution is 0.0387. The predicted molar refractivity (Wildman–Crippen MR) is 109 cm³/mol. The number of aliphatic hydroxyl groups is 3. The van der Waals surface area contributed by atoms with Crippen LogP contribution < -0.4 is 0 Å². The number of ketones is 1. The minimum absolute atomic E-state index is 0.00149. The molecule has 3 N–H and O–H groups in total. The molecule has 0 atom stereocenters. The summed E-state index contributed by atoms with van der Waals surface area (Å²) in [7, 11) is 0. The zero-order valence-electron chi connectivity index (χ0n) is 15.7. The number of carbonyl (C=O) groups is 1. The van der Waals surface area contributed by atoms with E-state index in [-0.39, 0.29) is 32.0 Å². The summed E-state index contributed by atoms with van der Waals surface area (Å²) >= 11 is 0. The Morgan fingerprint density at radius 2 is 1.71 bits per heavy atom. The Morgan fingerprint density at radius 1 is 0.929 bits per heavy atom. The normalized spacial score (nSPS) is 17.9. The van der Waals surface area contributed by atoms with Crippen LogP contribution in [0.1, 0.15) is 45.5 Å². The molecule has 0 aliphatic heterocycles. The SMILES string of the molecule is O=C1CC(CO)(CO)Cc2ccc(C3=CC(c4ccccc4CO)=CC3)cc21. The summed E-state index contributed by atoms with van der Waals surface area (Å²) in [5.41, 5.74) is 6.01. The van der Waals surface area contributed by atoms with E-state index < -0.39 is 5.41 Å². The fraction of sp³-hybridized carbons (Fsp3) is 0.292. The van der Waals surface area contributed by atoms with Gasteiger partial charge in [-0.3, -0.25) is 4.79 Å². The Balaban J connectivity index is 1.64. The lowest BCUT2D eigenvalue weighted by atomic mass is 9.71. The minimum Gasteiger partial charge on any atom is -0.396 e. The van der Waals surface area contributed by atoms with Crippen molar-refractivity contribution in [1.29, 1.82) is 0 Å². The van der Waals surface area contributed by atoms with Crippen LogP contribution in [0.4, 0.5) is 0 Å². The summed E-state index contributed by atoms with van der Waals surface area (Å²) < 4.78 is 0. The van der Waals surface area contributed by atoms with Crippen molar-refractivity contribution in [3.63, 3.8) is 0 Å². The van der Waals surface area contributed by atoms with Crippen LogP contribution in [0.5, 0.6) is 0 Å². The Bertz CT molecular complexity index is 980. The second-order valence-electron chi connectivity index (χ2n) is 7.81. The topological polar surface area (TPSA) is 77.8 Å². The molecule has 0 aromatic heterocycles. The quantitative estimate of drug-likeness (QED) is 0.749. The van der Waals surface area contributed by atoms with Crippen LogP contribution in [-0.4, -0.2) is 34.3 Å². The fourth-order valence-electron chi connectivity index (χ4n) is 4.22. The average Bonchev–Trinajstić information content (AvgIpc) is 3.23. The Morgan fingerprint density at radius 3 is 2.46 bits per heavy atom. The number of fused-ring (bicyclic) bond motifs is 1. The van der Waals surface area contributed by atoms with Gasteiger partial charge in [-0.15, -0.1) is 0 Å². The number of allylic oxidation sites excluding steroid dienone is 4. The maximum atomic E-state index is 12.7. The zero-order chi connectivity index (χ0) is 19.7. The van der Waals surface area contributed by atoms with Crippen LogP contribution >= 0.6 is 0 Å². The van der Waals surface area contributed by atoms with Crippen LogP contribution in [0.3, 0.4) is 0 Å². The molecule has 0 radical (unpaired) electrons. The van der Waals surface area contributed by atoms with Gasteiger partial charge in [0, 0.05) is 17.4 Å². The van der Waals surface area contributed by atoms with Gasteiger partial charge in [-0.2, -0.15) is 0 Å². The molecular weight excluding hydrogens is 352 g/mol. The second kappa shape index (κ2) is 7.47. The van der Waals surface area contributed by atoms with E-state index >= 15 is 0 Å². The molecule has 0 heterocycles. The van der Waals surface area contributed by atoms with Crippen LogP contribution in [0.25, 0.3) is 11.1 Å². The number of benzene rings is 2. The Hall–Kier alpha value is -2.53. The number of hydrogen-bond acceptors (Lipinski definition) is 4.